The highest BCUT2D eigenvalue weighted by atomic mass is 19.4. The molecule has 0 aliphatic heterocycles. The van der Waals surface area contributed by atoms with Crippen LogP contribution in [-0.4, -0.2) is 30.8 Å². The topological polar surface area (TPSA) is 110 Å². The first-order valence-corrected chi connectivity index (χ1v) is 8.49. The summed E-state index contributed by atoms with van der Waals surface area (Å²) >= 11 is 0. The number of nitrogens with one attached hydrogen (secondary N) is 1. The van der Waals surface area contributed by atoms with E-state index in [1.165, 1.54) is 6.07 Å². The summed E-state index contributed by atoms with van der Waals surface area (Å²) in [4.78, 5) is 29.8. The van der Waals surface area contributed by atoms with E-state index in [-0.39, 0.29) is 28.2 Å². The molecule has 0 spiro atoms. The van der Waals surface area contributed by atoms with E-state index < -0.39 is 34.8 Å². The second-order valence-corrected chi connectivity index (χ2v) is 6.30. The second kappa shape index (κ2) is 7.23. The maximum atomic E-state index is 14.5. The number of ether oxygens (including phenoxy) is 1. The van der Waals surface area contributed by atoms with Crippen molar-refractivity contribution >= 4 is 16.9 Å². The third-order valence-corrected chi connectivity index (χ3v) is 4.18. The minimum absolute atomic E-state index is 0.0972. The maximum absolute atomic E-state index is 14.5. The molecule has 2 N–H and O–H groups in total. The van der Waals surface area contributed by atoms with Gasteiger partial charge in [0.25, 0.3) is 5.56 Å². The van der Waals surface area contributed by atoms with Gasteiger partial charge >= 0.3 is 12.1 Å². The van der Waals surface area contributed by atoms with Gasteiger partial charge in [-0.25, -0.2) is 18.9 Å². The van der Waals surface area contributed by atoms with Gasteiger partial charge in [0.15, 0.2) is 11.6 Å². The molecule has 0 aliphatic rings. The summed E-state index contributed by atoms with van der Waals surface area (Å²) in [5.74, 6) is -3.11. The number of benzene rings is 2. The summed E-state index contributed by atoms with van der Waals surface area (Å²) in [6.07, 6.45) is -2.46. The van der Waals surface area contributed by atoms with Crippen molar-refractivity contribution in [2.75, 3.05) is 0 Å². The normalized spacial score (nSPS) is 11.6. The lowest BCUT2D eigenvalue weighted by Gasteiger charge is -2.11. The molecule has 2 aromatic heterocycles. The number of halogens is 4. The van der Waals surface area contributed by atoms with E-state index in [0.717, 1.165) is 41.3 Å². The summed E-state index contributed by atoms with van der Waals surface area (Å²) in [6, 6.07) is 5.73. The van der Waals surface area contributed by atoms with Gasteiger partial charge in [-0.05, 0) is 24.3 Å². The van der Waals surface area contributed by atoms with Crippen molar-refractivity contribution in [3.63, 3.8) is 0 Å². The quantitative estimate of drug-likeness (QED) is 0.474. The number of aromatic nitrogens is 4. The Bertz CT molecular complexity index is 1380. The van der Waals surface area contributed by atoms with Crippen LogP contribution >= 0.6 is 0 Å². The average molecular weight is 434 g/mol. The van der Waals surface area contributed by atoms with Crippen molar-refractivity contribution in [1.29, 1.82) is 0 Å². The number of fused-ring (bicyclic) bond motifs is 1. The van der Waals surface area contributed by atoms with E-state index in [4.69, 9.17) is 9.84 Å². The van der Waals surface area contributed by atoms with Crippen LogP contribution in [0.5, 0.6) is 11.5 Å². The zero-order valence-electron chi connectivity index (χ0n) is 15.1. The number of rotatable bonds is 4. The number of carboxylic acid groups (broad SMARTS) is 1. The average Bonchev–Trinajstić information content (AvgIpc) is 3.19. The van der Waals surface area contributed by atoms with Crippen LogP contribution in [-0.2, 0) is 6.18 Å². The van der Waals surface area contributed by atoms with Crippen molar-refractivity contribution in [1.82, 2.24) is 19.7 Å². The number of aromatic carboxylic acids is 1. The Morgan fingerprint density at radius 3 is 2.65 bits per heavy atom. The smallest absolute Gasteiger partial charge is 0.416 e. The molecule has 0 fully saturated rings. The number of hydrogen-bond donors (Lipinski definition) is 2. The molecule has 0 radical (unpaired) electrons. The predicted octanol–water partition coefficient (Wildman–Crippen LogP) is 3.76. The van der Waals surface area contributed by atoms with Gasteiger partial charge in [0.05, 0.1) is 28.2 Å². The maximum Gasteiger partial charge on any atom is 0.416 e. The van der Waals surface area contributed by atoms with E-state index >= 15 is 0 Å². The van der Waals surface area contributed by atoms with Crippen LogP contribution in [0.25, 0.3) is 16.9 Å². The Hall–Kier alpha value is -4.22. The minimum Gasteiger partial charge on any atom is -0.478 e. The number of aromatic amines is 1. The molecular formula is C19H10F4N4O4. The Kier molecular flexibility index (Phi) is 4.68. The molecular weight excluding hydrogens is 424 g/mol. The summed E-state index contributed by atoms with van der Waals surface area (Å²) in [6.45, 7) is 0. The fourth-order valence-electron chi connectivity index (χ4n) is 2.73. The first-order chi connectivity index (χ1) is 14.6. The molecule has 2 heterocycles. The molecule has 158 valence electrons. The molecule has 4 rings (SSSR count). The largest absolute Gasteiger partial charge is 0.478 e. The fraction of sp³-hybridized carbons (Fsp3) is 0.0526. The van der Waals surface area contributed by atoms with Crippen molar-refractivity contribution in [3.05, 3.63) is 76.1 Å². The highest BCUT2D eigenvalue weighted by Crippen LogP contribution is 2.33. The van der Waals surface area contributed by atoms with Crippen molar-refractivity contribution < 1.29 is 32.2 Å². The zero-order chi connectivity index (χ0) is 22.3. The Balaban J connectivity index is 1.73. The van der Waals surface area contributed by atoms with Gasteiger partial charge in [-0.1, -0.05) is 6.07 Å². The van der Waals surface area contributed by atoms with Crippen LogP contribution in [0.4, 0.5) is 17.6 Å². The monoisotopic (exact) mass is 434 g/mol. The van der Waals surface area contributed by atoms with E-state index in [1.807, 2.05) is 0 Å². The number of H-pyrrole nitrogens is 1. The lowest BCUT2D eigenvalue weighted by Crippen LogP contribution is -2.14. The van der Waals surface area contributed by atoms with Crippen LogP contribution in [0.3, 0.4) is 0 Å². The first-order valence-electron chi connectivity index (χ1n) is 8.49. The molecule has 0 bridgehead atoms. The highest BCUT2D eigenvalue weighted by molar-refractivity contribution is 5.87. The van der Waals surface area contributed by atoms with Crippen LogP contribution in [0.2, 0.25) is 0 Å². The molecule has 12 heteroatoms. The molecule has 0 unspecified atom stereocenters. The van der Waals surface area contributed by atoms with Crippen molar-refractivity contribution in [2.24, 2.45) is 0 Å². The lowest BCUT2D eigenvalue weighted by atomic mass is 10.2. The number of alkyl halides is 3. The lowest BCUT2D eigenvalue weighted by molar-refractivity contribution is -0.137. The summed E-state index contributed by atoms with van der Waals surface area (Å²) in [5.41, 5.74) is -1.95. The molecule has 0 aliphatic carbocycles. The number of carbonyl (C=O) groups is 1. The number of hydrogen-bond acceptors (Lipinski definition) is 5. The van der Waals surface area contributed by atoms with Gasteiger partial charge in [-0.3, -0.25) is 9.78 Å². The summed E-state index contributed by atoms with van der Waals surface area (Å²) < 4.78 is 59.3. The number of carboxylic acids is 1. The van der Waals surface area contributed by atoms with Crippen LogP contribution in [0, 0.1) is 5.82 Å². The second-order valence-electron chi connectivity index (χ2n) is 6.30. The van der Waals surface area contributed by atoms with Crippen molar-refractivity contribution in [3.8, 4) is 17.4 Å². The molecule has 0 amide bonds. The molecule has 2 aromatic carbocycles. The van der Waals surface area contributed by atoms with E-state index in [2.05, 4.69) is 15.1 Å². The standard InChI is InChI=1S/C19H10F4N4O4/c20-13-6-14-12(5-15(13)31-11-3-1-2-10(4-11)19(21,22)23)16(28)26-18(25-14)27-8-9(7-24-27)17(29)30/h1-8H,(H,29,30)(H,25,26,28). The predicted molar refractivity (Wildman–Crippen MR) is 97.9 cm³/mol. The fourth-order valence-corrected chi connectivity index (χ4v) is 2.73. The van der Waals surface area contributed by atoms with Gasteiger partial charge in [0.2, 0.25) is 5.95 Å². The Labute approximate surface area is 169 Å². The zero-order valence-corrected chi connectivity index (χ0v) is 15.1. The molecule has 0 atom stereocenters. The molecule has 0 saturated carbocycles. The SMILES string of the molecule is O=C(O)c1cnn(-c2nc3cc(F)c(Oc4cccc(C(F)(F)F)c4)cc3c(=O)[nH]2)c1. The Morgan fingerprint density at radius 1 is 1.19 bits per heavy atom. The van der Waals surface area contributed by atoms with E-state index in [1.54, 1.807) is 0 Å². The van der Waals surface area contributed by atoms with Crippen LogP contribution in [0.1, 0.15) is 15.9 Å². The van der Waals surface area contributed by atoms with Crippen LogP contribution in [0.15, 0.2) is 53.6 Å². The van der Waals surface area contributed by atoms with E-state index in [9.17, 15) is 27.2 Å². The van der Waals surface area contributed by atoms with Crippen molar-refractivity contribution in [2.45, 2.75) is 6.18 Å². The van der Waals surface area contributed by atoms with Gasteiger partial charge in [0.1, 0.15) is 5.75 Å². The Morgan fingerprint density at radius 2 is 1.97 bits per heavy atom. The van der Waals surface area contributed by atoms with Gasteiger partial charge in [0, 0.05) is 12.3 Å². The third-order valence-electron chi connectivity index (χ3n) is 4.18. The van der Waals surface area contributed by atoms with E-state index in [0.29, 0.717) is 6.07 Å². The van der Waals surface area contributed by atoms with Gasteiger partial charge < -0.3 is 9.84 Å². The third kappa shape index (κ3) is 3.95. The summed E-state index contributed by atoms with van der Waals surface area (Å²) in [5, 5.41) is 12.6. The molecule has 31 heavy (non-hydrogen) atoms. The minimum atomic E-state index is -4.61. The molecule has 8 nitrogen and oxygen atoms in total. The molecule has 0 saturated heterocycles. The van der Waals surface area contributed by atoms with Crippen LogP contribution < -0.4 is 10.3 Å². The number of nitrogens with zero attached hydrogens (tertiary/aromatic N) is 3. The van der Waals surface area contributed by atoms with Gasteiger partial charge in [-0.2, -0.15) is 18.3 Å². The summed E-state index contributed by atoms with van der Waals surface area (Å²) in [7, 11) is 0. The first kappa shape index (κ1) is 20.1. The molecule has 4 aromatic rings. The highest BCUT2D eigenvalue weighted by Gasteiger charge is 2.30. The van der Waals surface area contributed by atoms with Gasteiger partial charge in [-0.15, -0.1) is 0 Å².